The highest BCUT2D eigenvalue weighted by Gasteiger charge is 2.56. The Morgan fingerprint density at radius 2 is 1.52 bits per heavy atom. The van der Waals surface area contributed by atoms with Gasteiger partial charge in [-0.15, -0.1) is 0 Å². The van der Waals surface area contributed by atoms with Crippen LogP contribution < -0.4 is 10.6 Å². The fourth-order valence-electron chi connectivity index (χ4n) is 3.24. The van der Waals surface area contributed by atoms with Crippen molar-refractivity contribution in [3.8, 4) is 0 Å². The third kappa shape index (κ3) is 4.05. The van der Waals surface area contributed by atoms with Crippen LogP contribution in [0, 0.1) is 5.41 Å². The number of benzene rings is 2. The molecule has 1 aliphatic carbocycles. The highest BCUT2D eigenvalue weighted by Crippen LogP contribution is 2.48. The van der Waals surface area contributed by atoms with Gasteiger partial charge in [0, 0.05) is 11.4 Å². The first-order valence-corrected chi connectivity index (χ1v) is 9.57. The Hall–Kier alpha value is -2.62. The average Bonchev–Trinajstić information content (AvgIpc) is 3.44. The van der Waals surface area contributed by atoms with Gasteiger partial charge < -0.3 is 10.6 Å². The lowest BCUT2D eigenvalue weighted by Gasteiger charge is -2.24. The maximum absolute atomic E-state index is 12.9. The number of nitrogens with one attached hydrogen (secondary N) is 2. The second-order valence-corrected chi connectivity index (χ2v) is 8.34. The quantitative estimate of drug-likeness (QED) is 0.741. The van der Waals surface area contributed by atoms with Crippen molar-refractivity contribution in [3.05, 3.63) is 59.7 Å². The van der Waals surface area contributed by atoms with Crippen LogP contribution in [0.5, 0.6) is 0 Å². The zero-order chi connectivity index (χ0) is 19.7. The lowest BCUT2D eigenvalue weighted by Crippen LogP contribution is -2.36. The van der Waals surface area contributed by atoms with Crippen molar-refractivity contribution in [2.24, 2.45) is 5.41 Å². The van der Waals surface area contributed by atoms with Crippen molar-refractivity contribution in [3.63, 3.8) is 0 Å². The summed E-state index contributed by atoms with van der Waals surface area (Å²) in [5.41, 5.74) is 2.72. The number of amides is 2. The van der Waals surface area contributed by atoms with E-state index in [0.29, 0.717) is 12.8 Å². The van der Waals surface area contributed by atoms with Crippen molar-refractivity contribution < 1.29 is 9.59 Å². The number of anilines is 2. The predicted octanol–water partition coefficient (Wildman–Crippen LogP) is 4.90. The second-order valence-electron chi connectivity index (χ2n) is 8.34. The van der Waals surface area contributed by atoms with Gasteiger partial charge in [-0.3, -0.25) is 9.59 Å². The van der Waals surface area contributed by atoms with Crippen LogP contribution in [-0.4, -0.2) is 11.8 Å². The molecule has 0 heterocycles. The molecule has 0 atom stereocenters. The summed E-state index contributed by atoms with van der Waals surface area (Å²) in [7, 11) is 0. The van der Waals surface area contributed by atoms with E-state index < -0.39 is 5.41 Å². The van der Waals surface area contributed by atoms with Gasteiger partial charge in [-0.25, -0.2) is 0 Å². The van der Waals surface area contributed by atoms with Crippen LogP contribution in [0.4, 0.5) is 11.4 Å². The molecule has 4 heteroatoms. The minimum Gasteiger partial charge on any atom is -0.325 e. The molecule has 2 aromatic rings. The van der Waals surface area contributed by atoms with Crippen molar-refractivity contribution in [1.82, 2.24) is 0 Å². The van der Waals surface area contributed by atoms with E-state index in [0.717, 1.165) is 23.4 Å². The second kappa shape index (κ2) is 7.18. The van der Waals surface area contributed by atoms with Gasteiger partial charge in [0.05, 0.1) is 0 Å². The molecule has 2 amide bonds. The van der Waals surface area contributed by atoms with Crippen LogP contribution in [0.2, 0.25) is 0 Å². The largest absolute Gasteiger partial charge is 0.325 e. The summed E-state index contributed by atoms with van der Waals surface area (Å²) in [5, 5.41) is 5.91. The summed E-state index contributed by atoms with van der Waals surface area (Å²) in [6.07, 6.45) is 2.11. The highest BCUT2D eigenvalue weighted by molar-refractivity contribution is 6.17. The highest BCUT2D eigenvalue weighted by atomic mass is 16.2. The molecule has 1 aliphatic rings. The minimum atomic E-state index is -0.964. The zero-order valence-electron chi connectivity index (χ0n) is 16.6. The van der Waals surface area contributed by atoms with Crippen LogP contribution in [0.15, 0.2) is 48.5 Å². The van der Waals surface area contributed by atoms with E-state index in [2.05, 4.69) is 38.3 Å². The van der Waals surface area contributed by atoms with E-state index in [4.69, 9.17) is 0 Å². The van der Waals surface area contributed by atoms with E-state index >= 15 is 0 Å². The summed E-state index contributed by atoms with van der Waals surface area (Å²) in [5.74, 6) is -0.445. The third-order valence-electron chi connectivity index (χ3n) is 5.22. The number of rotatable bonds is 5. The molecule has 0 radical (unpaired) electrons. The van der Waals surface area contributed by atoms with Gasteiger partial charge in [0.2, 0.25) is 11.8 Å². The molecular formula is C23H28N2O2. The molecule has 0 spiro atoms. The molecule has 0 unspecified atom stereocenters. The predicted molar refractivity (Wildman–Crippen MR) is 110 cm³/mol. The van der Waals surface area contributed by atoms with Gasteiger partial charge in [-0.2, -0.15) is 0 Å². The monoisotopic (exact) mass is 364 g/mol. The van der Waals surface area contributed by atoms with Gasteiger partial charge in [-0.1, -0.05) is 58.0 Å². The number of hydrogen-bond donors (Lipinski definition) is 2. The van der Waals surface area contributed by atoms with Crippen LogP contribution in [0.1, 0.15) is 51.7 Å². The Morgan fingerprint density at radius 3 is 2.07 bits per heavy atom. The lowest BCUT2D eigenvalue weighted by molar-refractivity contribution is -0.131. The maximum Gasteiger partial charge on any atom is 0.240 e. The topological polar surface area (TPSA) is 58.2 Å². The normalized spacial score (nSPS) is 15.1. The minimum absolute atomic E-state index is 0.0934. The molecule has 0 saturated heterocycles. The third-order valence-corrected chi connectivity index (χ3v) is 5.22. The SMILES string of the molecule is CCc1ccc(NC(=O)C2(C(=O)Nc3ccccc3C(C)(C)C)CC2)cc1. The lowest BCUT2D eigenvalue weighted by atomic mass is 9.85. The van der Waals surface area contributed by atoms with Gasteiger partial charge in [-0.05, 0) is 54.0 Å². The van der Waals surface area contributed by atoms with Gasteiger partial charge in [0.1, 0.15) is 5.41 Å². The fourth-order valence-corrected chi connectivity index (χ4v) is 3.24. The Labute approximate surface area is 161 Å². The summed E-state index contributed by atoms with van der Waals surface area (Å²) >= 11 is 0. The van der Waals surface area contributed by atoms with E-state index in [-0.39, 0.29) is 17.2 Å². The summed E-state index contributed by atoms with van der Waals surface area (Å²) in [6.45, 7) is 8.42. The molecule has 0 aromatic heterocycles. The maximum atomic E-state index is 12.9. The van der Waals surface area contributed by atoms with Crippen LogP contribution in [0.25, 0.3) is 0 Å². The number of para-hydroxylation sites is 1. The Morgan fingerprint density at radius 1 is 0.926 bits per heavy atom. The summed E-state index contributed by atoms with van der Waals surface area (Å²) in [4.78, 5) is 25.7. The molecule has 4 nitrogen and oxygen atoms in total. The molecule has 27 heavy (non-hydrogen) atoms. The van der Waals surface area contributed by atoms with E-state index in [1.54, 1.807) is 0 Å². The molecular weight excluding hydrogens is 336 g/mol. The number of carbonyl (C=O) groups excluding carboxylic acids is 2. The number of hydrogen-bond acceptors (Lipinski definition) is 2. The molecule has 2 N–H and O–H groups in total. The fraction of sp³-hybridized carbons (Fsp3) is 0.391. The average molecular weight is 364 g/mol. The van der Waals surface area contributed by atoms with E-state index in [1.807, 2.05) is 48.5 Å². The van der Waals surface area contributed by atoms with Crippen molar-refractivity contribution in [2.45, 2.75) is 52.4 Å². The van der Waals surface area contributed by atoms with Gasteiger partial charge in [0.25, 0.3) is 0 Å². The smallest absolute Gasteiger partial charge is 0.240 e. The van der Waals surface area contributed by atoms with E-state index in [9.17, 15) is 9.59 Å². The first kappa shape index (κ1) is 19.2. The molecule has 1 saturated carbocycles. The van der Waals surface area contributed by atoms with Crippen LogP contribution in [0.3, 0.4) is 0 Å². The van der Waals surface area contributed by atoms with Gasteiger partial charge in [0.15, 0.2) is 0 Å². The van der Waals surface area contributed by atoms with Crippen LogP contribution >= 0.6 is 0 Å². The van der Waals surface area contributed by atoms with Crippen LogP contribution in [-0.2, 0) is 21.4 Å². The first-order chi connectivity index (χ1) is 12.8. The standard InChI is InChI=1S/C23H28N2O2/c1-5-16-10-12-17(13-11-16)24-20(26)23(14-15-23)21(27)25-19-9-7-6-8-18(19)22(2,3)4/h6-13H,5,14-15H2,1-4H3,(H,24,26)(H,25,27). The molecule has 3 rings (SSSR count). The molecule has 2 aromatic carbocycles. The Balaban J connectivity index is 1.74. The number of aryl methyl sites for hydroxylation is 1. The van der Waals surface area contributed by atoms with E-state index in [1.165, 1.54) is 5.56 Å². The molecule has 0 aliphatic heterocycles. The van der Waals surface area contributed by atoms with Gasteiger partial charge >= 0.3 is 0 Å². The molecule has 0 bridgehead atoms. The number of carbonyl (C=O) groups is 2. The van der Waals surface area contributed by atoms with Crippen molar-refractivity contribution >= 4 is 23.2 Å². The zero-order valence-corrected chi connectivity index (χ0v) is 16.6. The molecule has 142 valence electrons. The van der Waals surface area contributed by atoms with Crippen molar-refractivity contribution in [1.29, 1.82) is 0 Å². The first-order valence-electron chi connectivity index (χ1n) is 9.57. The summed E-state index contributed by atoms with van der Waals surface area (Å²) in [6, 6.07) is 15.6. The Kier molecular flexibility index (Phi) is 5.09. The van der Waals surface area contributed by atoms with Crippen molar-refractivity contribution in [2.75, 3.05) is 10.6 Å². The Bertz CT molecular complexity index is 843. The summed E-state index contributed by atoms with van der Waals surface area (Å²) < 4.78 is 0. The molecule has 1 fully saturated rings.